The Kier molecular flexibility index (Phi) is 8.55. The number of aliphatic carboxylic acids is 1. The molecule has 0 saturated carbocycles. The lowest BCUT2D eigenvalue weighted by Crippen LogP contribution is -2.27. The molecule has 0 heterocycles. The van der Waals surface area contributed by atoms with Crippen LogP contribution in [-0.4, -0.2) is 29.1 Å². The molecule has 0 spiro atoms. The minimum Gasteiger partial charge on any atom is -0.478 e. The summed E-state index contributed by atoms with van der Waals surface area (Å²) in [6.45, 7) is 10.0. The highest BCUT2D eigenvalue weighted by Crippen LogP contribution is 2.16. The molecule has 0 fully saturated rings. The van der Waals surface area contributed by atoms with Crippen molar-refractivity contribution in [2.24, 2.45) is 0 Å². The molecular formula is C14H27NO2. The summed E-state index contributed by atoms with van der Waals surface area (Å²) in [5.41, 5.74) is 1.50. The quantitative estimate of drug-likeness (QED) is 0.626. The lowest BCUT2D eigenvalue weighted by Gasteiger charge is -2.28. The van der Waals surface area contributed by atoms with Gasteiger partial charge in [0.25, 0.3) is 0 Å². The summed E-state index contributed by atoms with van der Waals surface area (Å²) < 4.78 is 0. The van der Waals surface area contributed by atoms with Crippen molar-refractivity contribution in [2.75, 3.05) is 13.1 Å². The van der Waals surface area contributed by atoms with Crippen LogP contribution in [0.3, 0.4) is 0 Å². The average Bonchev–Trinajstić information content (AvgIpc) is 2.32. The number of hydrogen-bond donors (Lipinski definition) is 1. The van der Waals surface area contributed by atoms with Crippen LogP contribution in [0.25, 0.3) is 0 Å². The van der Waals surface area contributed by atoms with E-state index in [-0.39, 0.29) is 0 Å². The number of unbranched alkanes of at least 4 members (excludes halogenated alkanes) is 2. The van der Waals surface area contributed by atoms with Crippen LogP contribution in [-0.2, 0) is 4.79 Å². The molecule has 0 rings (SSSR count). The summed E-state index contributed by atoms with van der Waals surface area (Å²) in [4.78, 5) is 13.3. The van der Waals surface area contributed by atoms with E-state index in [1.165, 1.54) is 0 Å². The second-order valence-electron chi connectivity index (χ2n) is 4.42. The molecule has 100 valence electrons. The van der Waals surface area contributed by atoms with Gasteiger partial charge in [-0.05, 0) is 26.2 Å². The van der Waals surface area contributed by atoms with E-state index in [9.17, 15) is 4.79 Å². The number of hydrogen-bond acceptors (Lipinski definition) is 2. The van der Waals surface area contributed by atoms with E-state index >= 15 is 0 Å². The van der Waals surface area contributed by atoms with E-state index in [1.807, 2.05) is 6.92 Å². The van der Waals surface area contributed by atoms with Crippen molar-refractivity contribution in [2.45, 2.75) is 59.8 Å². The van der Waals surface area contributed by atoms with Crippen molar-refractivity contribution in [3.05, 3.63) is 11.3 Å². The predicted molar refractivity (Wildman–Crippen MR) is 72.0 cm³/mol. The molecule has 0 bridgehead atoms. The zero-order valence-corrected chi connectivity index (χ0v) is 11.8. The van der Waals surface area contributed by atoms with Crippen molar-refractivity contribution < 1.29 is 9.90 Å². The van der Waals surface area contributed by atoms with Crippen LogP contribution in [0, 0.1) is 0 Å². The molecule has 3 nitrogen and oxygen atoms in total. The normalized spacial score (nSPS) is 12.2. The van der Waals surface area contributed by atoms with Crippen molar-refractivity contribution in [1.82, 2.24) is 4.90 Å². The van der Waals surface area contributed by atoms with Crippen LogP contribution in [0.1, 0.15) is 59.8 Å². The van der Waals surface area contributed by atoms with Gasteiger partial charge < -0.3 is 10.0 Å². The number of allylic oxidation sites excluding steroid dienone is 1. The van der Waals surface area contributed by atoms with Crippen LogP contribution in [0.2, 0.25) is 0 Å². The maximum Gasteiger partial charge on any atom is 0.333 e. The van der Waals surface area contributed by atoms with Crippen molar-refractivity contribution in [3.8, 4) is 0 Å². The maximum atomic E-state index is 11.1. The zero-order valence-electron chi connectivity index (χ0n) is 11.8. The molecule has 0 radical (unpaired) electrons. The van der Waals surface area contributed by atoms with Crippen LogP contribution in [0.5, 0.6) is 0 Å². The van der Waals surface area contributed by atoms with Crippen LogP contribution in [0.15, 0.2) is 11.3 Å². The molecule has 0 unspecified atom stereocenters. The van der Waals surface area contributed by atoms with Gasteiger partial charge in [-0.3, -0.25) is 0 Å². The molecule has 0 saturated heterocycles. The third-order valence-electron chi connectivity index (χ3n) is 3.03. The summed E-state index contributed by atoms with van der Waals surface area (Å²) in [5.74, 6) is -0.792. The summed E-state index contributed by atoms with van der Waals surface area (Å²) >= 11 is 0. The van der Waals surface area contributed by atoms with Gasteiger partial charge in [0.2, 0.25) is 0 Å². The summed E-state index contributed by atoms with van der Waals surface area (Å²) in [6, 6.07) is 0. The Balaban J connectivity index is 4.82. The van der Waals surface area contributed by atoms with Crippen LogP contribution >= 0.6 is 0 Å². The smallest absolute Gasteiger partial charge is 0.333 e. The van der Waals surface area contributed by atoms with Gasteiger partial charge in [-0.1, -0.05) is 33.6 Å². The Hall–Kier alpha value is -0.990. The fraction of sp³-hybridized carbons (Fsp3) is 0.786. The maximum absolute atomic E-state index is 11.1. The Labute approximate surface area is 106 Å². The molecule has 0 aliphatic carbocycles. The average molecular weight is 241 g/mol. The van der Waals surface area contributed by atoms with Gasteiger partial charge in [0.1, 0.15) is 0 Å². The van der Waals surface area contributed by atoms with Gasteiger partial charge in [-0.2, -0.15) is 0 Å². The van der Waals surface area contributed by atoms with Crippen molar-refractivity contribution in [3.63, 3.8) is 0 Å². The van der Waals surface area contributed by atoms with Gasteiger partial charge in [0.05, 0.1) is 5.57 Å². The van der Waals surface area contributed by atoms with Gasteiger partial charge in [0, 0.05) is 18.8 Å². The summed E-state index contributed by atoms with van der Waals surface area (Å²) in [5, 5.41) is 9.10. The fourth-order valence-corrected chi connectivity index (χ4v) is 1.93. The topological polar surface area (TPSA) is 40.5 Å². The fourth-order valence-electron chi connectivity index (χ4n) is 1.93. The number of rotatable bonds is 9. The Morgan fingerprint density at radius 3 is 1.82 bits per heavy atom. The monoisotopic (exact) mass is 241 g/mol. The van der Waals surface area contributed by atoms with Crippen LogP contribution in [0.4, 0.5) is 0 Å². The standard InChI is InChI=1S/C14H27NO2/c1-5-8-10-15(11-9-6-2)13(7-3)12(4)14(16)17/h5-11H2,1-4H3,(H,16,17). The van der Waals surface area contributed by atoms with Gasteiger partial charge >= 0.3 is 5.97 Å². The molecule has 1 N–H and O–H groups in total. The predicted octanol–water partition coefficient (Wildman–Crippen LogP) is 3.66. The minimum absolute atomic E-state index is 0.500. The lowest BCUT2D eigenvalue weighted by molar-refractivity contribution is -0.132. The van der Waals surface area contributed by atoms with Gasteiger partial charge in [-0.15, -0.1) is 0 Å². The molecule has 0 aliphatic heterocycles. The van der Waals surface area contributed by atoms with Crippen molar-refractivity contribution >= 4 is 5.97 Å². The molecular weight excluding hydrogens is 214 g/mol. The highest BCUT2D eigenvalue weighted by molar-refractivity contribution is 5.86. The molecule has 0 atom stereocenters. The number of carbonyl (C=O) groups is 1. The number of carboxylic acids is 1. The third-order valence-corrected chi connectivity index (χ3v) is 3.03. The zero-order chi connectivity index (χ0) is 13.3. The Morgan fingerprint density at radius 2 is 1.53 bits per heavy atom. The molecule has 17 heavy (non-hydrogen) atoms. The van der Waals surface area contributed by atoms with E-state index in [2.05, 4.69) is 18.7 Å². The molecule has 0 aromatic rings. The Morgan fingerprint density at radius 1 is 1.06 bits per heavy atom. The molecule has 0 amide bonds. The second kappa shape index (κ2) is 9.08. The lowest BCUT2D eigenvalue weighted by atomic mass is 10.1. The second-order valence-corrected chi connectivity index (χ2v) is 4.42. The first-order valence-electron chi connectivity index (χ1n) is 6.76. The first-order valence-corrected chi connectivity index (χ1v) is 6.76. The van der Waals surface area contributed by atoms with Crippen LogP contribution < -0.4 is 0 Å². The third kappa shape index (κ3) is 5.76. The summed E-state index contributed by atoms with van der Waals surface area (Å²) in [6.07, 6.45) is 5.34. The van der Waals surface area contributed by atoms with E-state index in [0.717, 1.165) is 50.9 Å². The van der Waals surface area contributed by atoms with E-state index in [4.69, 9.17) is 5.11 Å². The highest BCUT2D eigenvalue weighted by Gasteiger charge is 2.14. The molecule has 0 aromatic heterocycles. The number of carboxylic acid groups (broad SMARTS) is 1. The molecule has 3 heteroatoms. The van der Waals surface area contributed by atoms with E-state index < -0.39 is 5.97 Å². The Bertz CT molecular complexity index is 251. The van der Waals surface area contributed by atoms with Gasteiger partial charge in [0.15, 0.2) is 0 Å². The van der Waals surface area contributed by atoms with E-state index in [1.54, 1.807) is 6.92 Å². The summed E-state index contributed by atoms with van der Waals surface area (Å²) in [7, 11) is 0. The first-order chi connectivity index (χ1) is 8.08. The molecule has 0 aromatic carbocycles. The SMILES string of the molecule is CCCCN(CCCC)C(CC)=C(C)C(=O)O. The first kappa shape index (κ1) is 16.0. The number of nitrogens with zero attached hydrogens (tertiary/aromatic N) is 1. The largest absolute Gasteiger partial charge is 0.478 e. The van der Waals surface area contributed by atoms with Crippen molar-refractivity contribution in [1.29, 1.82) is 0 Å². The highest BCUT2D eigenvalue weighted by atomic mass is 16.4. The minimum atomic E-state index is -0.792. The van der Waals surface area contributed by atoms with Gasteiger partial charge in [-0.25, -0.2) is 4.79 Å². The molecule has 0 aliphatic rings. The van der Waals surface area contributed by atoms with E-state index in [0.29, 0.717) is 5.57 Å².